The van der Waals surface area contributed by atoms with Gasteiger partial charge in [-0.1, -0.05) is 13.3 Å². The molecule has 0 N–H and O–H groups in total. The van der Waals surface area contributed by atoms with Gasteiger partial charge in [0.2, 0.25) is 0 Å². The van der Waals surface area contributed by atoms with E-state index in [1.807, 2.05) is 0 Å². The van der Waals surface area contributed by atoms with Crippen molar-refractivity contribution in [1.29, 1.82) is 5.26 Å². The van der Waals surface area contributed by atoms with Gasteiger partial charge in [-0.3, -0.25) is 9.80 Å². The van der Waals surface area contributed by atoms with Crippen molar-refractivity contribution in [3.63, 3.8) is 0 Å². The molecule has 2 heterocycles. The van der Waals surface area contributed by atoms with Crippen molar-refractivity contribution in [3.05, 3.63) is 0 Å². The Hall–Kier alpha value is -0.590. The molecule has 0 radical (unpaired) electrons. The fraction of sp³-hybridized carbons (Fsp3) is 0.929. The van der Waals surface area contributed by atoms with Gasteiger partial charge in [-0.15, -0.1) is 0 Å². The molecule has 2 fully saturated rings. The summed E-state index contributed by atoms with van der Waals surface area (Å²) in [4.78, 5) is 5.26. The molecule has 2 aliphatic rings. The lowest BCUT2D eigenvalue weighted by atomic mass is 9.95. The van der Waals surface area contributed by atoms with Gasteiger partial charge in [0.15, 0.2) is 0 Å². The first-order valence-electron chi connectivity index (χ1n) is 7.13. The zero-order valence-electron chi connectivity index (χ0n) is 11.2. The first kappa shape index (κ1) is 12.9. The highest BCUT2D eigenvalue weighted by Gasteiger charge is 2.35. The van der Waals surface area contributed by atoms with Gasteiger partial charge in [-0.05, 0) is 32.7 Å². The van der Waals surface area contributed by atoms with Crippen LogP contribution in [0.2, 0.25) is 0 Å². The predicted molar refractivity (Wildman–Crippen MR) is 69.7 cm³/mol. The normalized spacial score (nSPS) is 32.8. The smallest absolute Gasteiger partial charge is 0.0638 e. The summed E-state index contributed by atoms with van der Waals surface area (Å²) in [6.45, 7) is 8.21. The van der Waals surface area contributed by atoms with Crippen molar-refractivity contribution in [2.45, 2.75) is 64.1 Å². The first-order valence-corrected chi connectivity index (χ1v) is 7.13. The van der Waals surface area contributed by atoms with Crippen LogP contribution < -0.4 is 0 Å². The molecule has 0 aromatic carbocycles. The van der Waals surface area contributed by atoms with Gasteiger partial charge < -0.3 is 0 Å². The second kappa shape index (κ2) is 5.84. The van der Waals surface area contributed by atoms with Gasteiger partial charge in [0.1, 0.15) is 0 Å². The second-order valence-electron chi connectivity index (χ2n) is 5.61. The van der Waals surface area contributed by atoms with Crippen molar-refractivity contribution in [3.8, 4) is 6.07 Å². The second-order valence-corrected chi connectivity index (χ2v) is 5.61. The summed E-state index contributed by atoms with van der Waals surface area (Å²) in [5.41, 5.74) is 0. The molecule has 0 aromatic heterocycles. The van der Waals surface area contributed by atoms with E-state index in [0.717, 1.165) is 12.5 Å². The van der Waals surface area contributed by atoms with E-state index in [9.17, 15) is 0 Å². The van der Waals surface area contributed by atoms with Crippen LogP contribution in [-0.2, 0) is 0 Å². The molecule has 0 aliphatic carbocycles. The number of piperazine rings is 1. The molecule has 0 bridgehead atoms. The molecule has 2 rings (SSSR count). The van der Waals surface area contributed by atoms with Crippen LogP contribution in [-0.4, -0.2) is 47.6 Å². The van der Waals surface area contributed by atoms with Crippen molar-refractivity contribution in [2.24, 2.45) is 0 Å². The van der Waals surface area contributed by atoms with Gasteiger partial charge in [0, 0.05) is 31.2 Å². The highest BCUT2D eigenvalue weighted by atomic mass is 15.3. The van der Waals surface area contributed by atoms with Crippen LogP contribution in [0.25, 0.3) is 0 Å². The molecule has 0 amide bonds. The number of hydrogen-bond donors (Lipinski definition) is 0. The Morgan fingerprint density at radius 2 is 2.18 bits per heavy atom. The minimum atomic E-state index is 0.471. The minimum absolute atomic E-state index is 0.471. The quantitative estimate of drug-likeness (QED) is 0.751. The van der Waals surface area contributed by atoms with Gasteiger partial charge >= 0.3 is 0 Å². The van der Waals surface area contributed by atoms with Gasteiger partial charge in [0.25, 0.3) is 0 Å². The van der Waals surface area contributed by atoms with Crippen LogP contribution in [0, 0.1) is 11.3 Å². The third-order valence-corrected chi connectivity index (χ3v) is 4.50. The topological polar surface area (TPSA) is 30.3 Å². The fourth-order valence-electron chi connectivity index (χ4n) is 3.49. The number of nitriles is 1. The molecule has 3 heteroatoms. The summed E-state index contributed by atoms with van der Waals surface area (Å²) in [5.74, 6) is 0. The van der Waals surface area contributed by atoms with E-state index in [2.05, 4.69) is 29.7 Å². The Kier molecular flexibility index (Phi) is 4.42. The van der Waals surface area contributed by atoms with E-state index < -0.39 is 0 Å². The molecule has 3 atom stereocenters. The Bertz CT molecular complexity index is 284. The number of hydrogen-bond acceptors (Lipinski definition) is 3. The minimum Gasteiger partial charge on any atom is -0.298 e. The maximum absolute atomic E-state index is 8.93. The summed E-state index contributed by atoms with van der Waals surface area (Å²) >= 11 is 0. The maximum atomic E-state index is 8.93. The zero-order valence-corrected chi connectivity index (χ0v) is 11.2. The highest BCUT2D eigenvalue weighted by Crippen LogP contribution is 2.26. The Morgan fingerprint density at radius 1 is 1.35 bits per heavy atom. The molecule has 3 nitrogen and oxygen atoms in total. The first-order chi connectivity index (χ1) is 8.26. The SMILES string of the molecule is CCC(CC#N)N1CC2CCCCN2CC1C. The Balaban J connectivity index is 2.00. The van der Waals surface area contributed by atoms with Crippen LogP contribution >= 0.6 is 0 Å². The molecule has 0 aromatic rings. The molecule has 3 unspecified atom stereocenters. The van der Waals surface area contributed by atoms with Gasteiger partial charge in [-0.2, -0.15) is 5.26 Å². The summed E-state index contributed by atoms with van der Waals surface area (Å²) in [5, 5.41) is 8.93. The standard InChI is InChI=1S/C14H25N3/c1-3-13(7-8-15)17-11-14-6-4-5-9-16(14)10-12(17)2/h12-14H,3-7,9-11H2,1-2H3. The molecule has 17 heavy (non-hydrogen) atoms. The number of fused-ring (bicyclic) bond motifs is 1. The van der Waals surface area contributed by atoms with Crippen LogP contribution in [0.3, 0.4) is 0 Å². The molecular formula is C14H25N3. The van der Waals surface area contributed by atoms with Gasteiger partial charge in [0.05, 0.1) is 12.5 Å². The molecule has 2 aliphatic heterocycles. The number of piperidine rings is 1. The van der Waals surface area contributed by atoms with Crippen molar-refractivity contribution in [2.75, 3.05) is 19.6 Å². The summed E-state index contributed by atoms with van der Waals surface area (Å²) in [6.07, 6.45) is 5.90. The lowest BCUT2D eigenvalue weighted by Gasteiger charge is -2.49. The molecule has 0 saturated carbocycles. The van der Waals surface area contributed by atoms with Crippen molar-refractivity contribution >= 4 is 0 Å². The van der Waals surface area contributed by atoms with Gasteiger partial charge in [-0.25, -0.2) is 0 Å². The van der Waals surface area contributed by atoms with E-state index >= 15 is 0 Å². The molecule has 0 spiro atoms. The lowest BCUT2D eigenvalue weighted by molar-refractivity contribution is -0.00769. The van der Waals surface area contributed by atoms with E-state index in [0.29, 0.717) is 18.5 Å². The van der Waals surface area contributed by atoms with E-state index in [1.54, 1.807) is 0 Å². The predicted octanol–water partition coefficient (Wildman–Crippen LogP) is 2.24. The highest BCUT2D eigenvalue weighted by molar-refractivity contribution is 4.93. The average molecular weight is 235 g/mol. The van der Waals surface area contributed by atoms with E-state index in [-0.39, 0.29) is 0 Å². The zero-order chi connectivity index (χ0) is 12.3. The monoisotopic (exact) mass is 235 g/mol. The fourth-order valence-corrected chi connectivity index (χ4v) is 3.49. The lowest BCUT2D eigenvalue weighted by Crippen LogP contribution is -2.60. The van der Waals surface area contributed by atoms with E-state index in [4.69, 9.17) is 5.26 Å². The summed E-state index contributed by atoms with van der Waals surface area (Å²) in [6, 6.07) is 4.20. The Morgan fingerprint density at radius 3 is 2.88 bits per heavy atom. The third kappa shape index (κ3) is 2.81. The molecule has 96 valence electrons. The van der Waals surface area contributed by atoms with Crippen LogP contribution in [0.5, 0.6) is 0 Å². The van der Waals surface area contributed by atoms with Crippen LogP contribution in [0.1, 0.15) is 46.0 Å². The van der Waals surface area contributed by atoms with Crippen molar-refractivity contribution < 1.29 is 0 Å². The largest absolute Gasteiger partial charge is 0.298 e. The molecule has 2 saturated heterocycles. The number of nitrogens with zero attached hydrogens (tertiary/aromatic N) is 3. The summed E-state index contributed by atoms with van der Waals surface area (Å²) in [7, 11) is 0. The Labute approximate surface area is 105 Å². The molecular weight excluding hydrogens is 210 g/mol. The van der Waals surface area contributed by atoms with Crippen LogP contribution in [0.4, 0.5) is 0 Å². The van der Waals surface area contributed by atoms with Crippen molar-refractivity contribution in [1.82, 2.24) is 9.80 Å². The summed E-state index contributed by atoms with van der Waals surface area (Å²) < 4.78 is 0. The third-order valence-electron chi connectivity index (χ3n) is 4.50. The average Bonchev–Trinajstić information content (AvgIpc) is 2.35. The maximum Gasteiger partial charge on any atom is 0.0638 e. The van der Waals surface area contributed by atoms with E-state index in [1.165, 1.54) is 38.9 Å². The number of rotatable bonds is 3. The van der Waals surface area contributed by atoms with Crippen LogP contribution in [0.15, 0.2) is 0 Å².